The summed E-state index contributed by atoms with van der Waals surface area (Å²) in [5, 5.41) is 14.9. The molecule has 0 spiro atoms. The topological polar surface area (TPSA) is 81.2 Å². The first-order chi connectivity index (χ1) is 15.1. The first kappa shape index (κ1) is 18.8. The zero-order chi connectivity index (χ0) is 21.4. The van der Waals surface area contributed by atoms with E-state index in [1.165, 1.54) is 6.07 Å². The predicted octanol–water partition coefficient (Wildman–Crippen LogP) is 5.41. The smallest absolute Gasteiger partial charge is 0.336 e. The number of nitrogens with zero attached hydrogens (tertiary/aromatic N) is 3. The van der Waals surface area contributed by atoms with Gasteiger partial charge in [-0.1, -0.05) is 54.6 Å². The van der Waals surface area contributed by atoms with Gasteiger partial charge in [0, 0.05) is 0 Å². The Morgan fingerprint density at radius 2 is 1.74 bits per heavy atom. The van der Waals surface area contributed by atoms with Gasteiger partial charge in [-0.05, 0) is 41.8 Å². The number of carboxylic acid groups (broad SMARTS) is 1. The number of carbonyl (C=O) groups is 1. The average Bonchev–Trinajstić information content (AvgIpc) is 3.43. The van der Waals surface area contributed by atoms with Crippen LogP contribution in [-0.4, -0.2) is 25.8 Å². The summed E-state index contributed by atoms with van der Waals surface area (Å²) in [6.45, 7) is 2.28. The van der Waals surface area contributed by atoms with Crippen LogP contribution in [0.2, 0.25) is 0 Å². The van der Waals surface area contributed by atoms with Crippen LogP contribution < -0.4 is 0 Å². The van der Waals surface area contributed by atoms with Gasteiger partial charge in [0.15, 0.2) is 11.4 Å². The third-order valence-electron chi connectivity index (χ3n) is 5.27. The maximum atomic E-state index is 11.9. The maximum absolute atomic E-state index is 11.9. The highest BCUT2D eigenvalue weighted by Gasteiger charge is 2.20. The van der Waals surface area contributed by atoms with Crippen molar-refractivity contribution in [2.45, 2.75) is 13.5 Å². The SMILES string of the molecule is Cc1nn(Cc2ccc(-c3ccccc3)cc2)c2nc(-c3ccco3)cc(C(=O)O)c12. The summed E-state index contributed by atoms with van der Waals surface area (Å²) in [4.78, 5) is 16.6. The van der Waals surface area contributed by atoms with Gasteiger partial charge < -0.3 is 9.52 Å². The van der Waals surface area contributed by atoms with Crippen LogP contribution in [0.3, 0.4) is 0 Å². The molecule has 3 heterocycles. The molecule has 5 rings (SSSR count). The lowest BCUT2D eigenvalue weighted by Crippen LogP contribution is -2.05. The monoisotopic (exact) mass is 409 g/mol. The molecule has 6 nitrogen and oxygen atoms in total. The van der Waals surface area contributed by atoms with Crippen LogP contribution in [0, 0.1) is 6.92 Å². The fourth-order valence-corrected chi connectivity index (χ4v) is 3.79. The van der Waals surface area contributed by atoms with E-state index in [1.807, 2.05) is 18.2 Å². The fraction of sp³-hybridized carbons (Fsp3) is 0.0800. The summed E-state index contributed by atoms with van der Waals surface area (Å²) in [6.07, 6.45) is 1.54. The molecule has 0 saturated carbocycles. The molecule has 31 heavy (non-hydrogen) atoms. The second-order valence-corrected chi connectivity index (χ2v) is 7.34. The minimum Gasteiger partial charge on any atom is -0.478 e. The molecule has 5 aromatic rings. The number of aromatic nitrogens is 3. The lowest BCUT2D eigenvalue weighted by Gasteiger charge is -2.07. The molecule has 0 radical (unpaired) electrons. The standard InChI is InChI=1S/C25H19N3O3/c1-16-23-20(25(29)30)14-21(22-8-5-13-31-22)26-24(23)28(27-16)15-17-9-11-19(12-10-17)18-6-3-2-4-7-18/h2-14H,15H2,1H3,(H,29,30). The molecule has 0 fully saturated rings. The zero-order valence-electron chi connectivity index (χ0n) is 16.8. The molecule has 0 bridgehead atoms. The van der Waals surface area contributed by atoms with Crippen LogP contribution in [0.15, 0.2) is 83.5 Å². The van der Waals surface area contributed by atoms with Crippen molar-refractivity contribution in [2.75, 3.05) is 0 Å². The number of hydrogen-bond donors (Lipinski definition) is 1. The van der Waals surface area contributed by atoms with E-state index in [-0.39, 0.29) is 5.56 Å². The molecule has 6 heteroatoms. The van der Waals surface area contributed by atoms with E-state index in [0.717, 1.165) is 16.7 Å². The summed E-state index contributed by atoms with van der Waals surface area (Å²) in [6, 6.07) is 23.5. The fourth-order valence-electron chi connectivity index (χ4n) is 3.79. The van der Waals surface area contributed by atoms with Crippen molar-refractivity contribution >= 4 is 17.0 Å². The molecule has 152 valence electrons. The maximum Gasteiger partial charge on any atom is 0.336 e. The Labute approximate surface area is 178 Å². The van der Waals surface area contributed by atoms with Crippen molar-refractivity contribution in [1.82, 2.24) is 14.8 Å². The first-order valence-corrected chi connectivity index (χ1v) is 9.90. The highest BCUT2D eigenvalue weighted by Crippen LogP contribution is 2.28. The lowest BCUT2D eigenvalue weighted by molar-refractivity contribution is 0.0699. The van der Waals surface area contributed by atoms with Crippen molar-refractivity contribution < 1.29 is 14.3 Å². The molecule has 2 aromatic carbocycles. The van der Waals surface area contributed by atoms with Crippen LogP contribution in [0.5, 0.6) is 0 Å². The second kappa shape index (κ2) is 7.57. The Bertz CT molecular complexity index is 1370. The Balaban J connectivity index is 1.56. The van der Waals surface area contributed by atoms with Gasteiger partial charge in [0.25, 0.3) is 0 Å². The Morgan fingerprint density at radius 1 is 1.00 bits per heavy atom. The lowest BCUT2D eigenvalue weighted by atomic mass is 10.0. The van der Waals surface area contributed by atoms with Gasteiger partial charge in [-0.15, -0.1) is 0 Å². The van der Waals surface area contributed by atoms with Crippen molar-refractivity contribution in [3.8, 4) is 22.6 Å². The summed E-state index contributed by atoms with van der Waals surface area (Å²) in [7, 11) is 0. The molecule has 1 N–H and O–H groups in total. The third-order valence-corrected chi connectivity index (χ3v) is 5.27. The van der Waals surface area contributed by atoms with Crippen molar-refractivity contribution in [3.63, 3.8) is 0 Å². The van der Waals surface area contributed by atoms with Crippen molar-refractivity contribution in [3.05, 3.63) is 95.9 Å². The van der Waals surface area contributed by atoms with Gasteiger partial charge in [0.1, 0.15) is 5.69 Å². The molecule has 0 amide bonds. The van der Waals surface area contributed by atoms with Crippen LogP contribution in [0.1, 0.15) is 21.6 Å². The van der Waals surface area contributed by atoms with Crippen LogP contribution in [0.25, 0.3) is 33.6 Å². The number of carboxylic acids is 1. The van der Waals surface area contributed by atoms with E-state index >= 15 is 0 Å². The number of aromatic carboxylic acids is 1. The minimum absolute atomic E-state index is 0.166. The number of aryl methyl sites for hydroxylation is 1. The summed E-state index contributed by atoms with van der Waals surface area (Å²) in [5.41, 5.74) is 5.13. The number of furan rings is 1. The van der Waals surface area contributed by atoms with Gasteiger partial charge in [0.2, 0.25) is 0 Å². The van der Waals surface area contributed by atoms with Gasteiger partial charge >= 0.3 is 5.97 Å². The summed E-state index contributed by atoms with van der Waals surface area (Å²) >= 11 is 0. The molecular weight excluding hydrogens is 390 g/mol. The Hall–Kier alpha value is -4.19. The molecule has 0 saturated heterocycles. The van der Waals surface area contributed by atoms with Gasteiger partial charge in [-0.2, -0.15) is 5.10 Å². The first-order valence-electron chi connectivity index (χ1n) is 9.90. The van der Waals surface area contributed by atoms with Crippen LogP contribution in [0.4, 0.5) is 0 Å². The minimum atomic E-state index is -1.02. The van der Waals surface area contributed by atoms with E-state index in [0.29, 0.717) is 34.7 Å². The van der Waals surface area contributed by atoms with E-state index < -0.39 is 5.97 Å². The van der Waals surface area contributed by atoms with Gasteiger partial charge in [0.05, 0.1) is 29.5 Å². The third kappa shape index (κ3) is 3.48. The van der Waals surface area contributed by atoms with Crippen molar-refractivity contribution in [2.24, 2.45) is 0 Å². The number of rotatable bonds is 5. The molecule has 0 unspecified atom stereocenters. The molecule has 0 aliphatic heterocycles. The number of benzene rings is 2. The van der Waals surface area contributed by atoms with E-state index in [9.17, 15) is 9.90 Å². The molecular formula is C25H19N3O3. The highest BCUT2D eigenvalue weighted by atomic mass is 16.4. The largest absolute Gasteiger partial charge is 0.478 e. The molecule has 0 aliphatic carbocycles. The Morgan fingerprint density at radius 3 is 2.42 bits per heavy atom. The summed E-state index contributed by atoms with van der Waals surface area (Å²) < 4.78 is 7.19. The highest BCUT2D eigenvalue weighted by molar-refractivity contribution is 6.04. The summed E-state index contributed by atoms with van der Waals surface area (Å²) in [5.74, 6) is -0.503. The van der Waals surface area contributed by atoms with E-state index in [2.05, 4.69) is 46.5 Å². The normalized spacial score (nSPS) is 11.1. The van der Waals surface area contributed by atoms with Crippen molar-refractivity contribution in [1.29, 1.82) is 0 Å². The average molecular weight is 409 g/mol. The van der Waals surface area contributed by atoms with Gasteiger partial charge in [-0.25, -0.2) is 14.5 Å². The molecule has 0 atom stereocenters. The quantitative estimate of drug-likeness (QED) is 0.420. The van der Waals surface area contributed by atoms with Crippen LogP contribution in [-0.2, 0) is 6.54 Å². The van der Waals surface area contributed by atoms with Crippen LogP contribution >= 0.6 is 0 Å². The van der Waals surface area contributed by atoms with Gasteiger partial charge in [-0.3, -0.25) is 0 Å². The number of fused-ring (bicyclic) bond motifs is 1. The predicted molar refractivity (Wildman–Crippen MR) is 118 cm³/mol. The zero-order valence-corrected chi connectivity index (χ0v) is 16.8. The van der Waals surface area contributed by atoms with E-state index in [1.54, 1.807) is 30.0 Å². The Kier molecular flexibility index (Phi) is 4.59. The van der Waals surface area contributed by atoms with E-state index in [4.69, 9.17) is 4.42 Å². The second-order valence-electron chi connectivity index (χ2n) is 7.34. The number of hydrogen-bond acceptors (Lipinski definition) is 4. The molecule has 3 aromatic heterocycles. The molecule has 0 aliphatic rings. The number of pyridine rings is 1.